The van der Waals surface area contributed by atoms with E-state index in [0.717, 1.165) is 0 Å². The highest BCUT2D eigenvalue weighted by atomic mass is 16.5. The van der Waals surface area contributed by atoms with E-state index in [0.29, 0.717) is 18.8 Å². The number of ether oxygens (including phenoxy) is 1. The van der Waals surface area contributed by atoms with E-state index >= 15 is 0 Å². The SMILES string of the molecule is CCN1C(=O)COC(C(=O)O)C1c1cncn1CC. The number of morpholine rings is 1. The van der Waals surface area contributed by atoms with Crippen molar-refractivity contribution in [3.05, 3.63) is 18.2 Å². The van der Waals surface area contributed by atoms with Crippen LogP contribution in [-0.2, 0) is 20.9 Å². The Morgan fingerprint density at radius 1 is 1.53 bits per heavy atom. The van der Waals surface area contributed by atoms with Crippen molar-refractivity contribution in [2.24, 2.45) is 0 Å². The molecule has 1 amide bonds. The Bertz CT molecular complexity index is 483. The summed E-state index contributed by atoms with van der Waals surface area (Å²) in [6.07, 6.45) is 2.16. The summed E-state index contributed by atoms with van der Waals surface area (Å²) in [4.78, 5) is 28.8. The first kappa shape index (κ1) is 13.5. The minimum atomic E-state index is -1.07. The zero-order chi connectivity index (χ0) is 14.0. The quantitative estimate of drug-likeness (QED) is 0.846. The molecule has 0 aliphatic carbocycles. The van der Waals surface area contributed by atoms with Crippen molar-refractivity contribution >= 4 is 11.9 Å². The largest absolute Gasteiger partial charge is 0.479 e. The molecule has 0 saturated carbocycles. The Morgan fingerprint density at radius 3 is 2.84 bits per heavy atom. The zero-order valence-electron chi connectivity index (χ0n) is 10.9. The van der Waals surface area contributed by atoms with E-state index in [9.17, 15) is 14.7 Å². The first-order valence-electron chi connectivity index (χ1n) is 6.24. The van der Waals surface area contributed by atoms with E-state index in [1.54, 1.807) is 12.5 Å². The average Bonchev–Trinajstić information content (AvgIpc) is 2.85. The summed E-state index contributed by atoms with van der Waals surface area (Å²) < 4.78 is 7.01. The normalized spacial score (nSPS) is 23.7. The summed E-state index contributed by atoms with van der Waals surface area (Å²) in [5.41, 5.74) is 0.685. The van der Waals surface area contributed by atoms with Crippen molar-refractivity contribution < 1.29 is 19.4 Å². The van der Waals surface area contributed by atoms with Gasteiger partial charge in [-0.05, 0) is 13.8 Å². The predicted molar refractivity (Wildman–Crippen MR) is 65.4 cm³/mol. The number of aliphatic carboxylic acids is 1. The average molecular weight is 267 g/mol. The molecule has 2 unspecified atom stereocenters. The molecule has 0 radical (unpaired) electrons. The fraction of sp³-hybridized carbons (Fsp3) is 0.583. The van der Waals surface area contributed by atoms with Gasteiger partial charge in [-0.3, -0.25) is 4.79 Å². The molecular weight excluding hydrogens is 250 g/mol. The number of nitrogens with zero attached hydrogens (tertiary/aromatic N) is 3. The van der Waals surface area contributed by atoms with E-state index in [4.69, 9.17) is 4.74 Å². The summed E-state index contributed by atoms with van der Waals surface area (Å²) in [5.74, 6) is -1.27. The molecule has 1 aliphatic heterocycles. The highest BCUT2D eigenvalue weighted by molar-refractivity contribution is 5.82. The van der Waals surface area contributed by atoms with Crippen LogP contribution in [-0.4, -0.2) is 50.7 Å². The minimum absolute atomic E-state index is 0.193. The van der Waals surface area contributed by atoms with Crippen LogP contribution in [0.2, 0.25) is 0 Å². The molecule has 7 nitrogen and oxygen atoms in total. The highest BCUT2D eigenvalue weighted by Crippen LogP contribution is 2.30. The molecule has 1 aliphatic rings. The van der Waals surface area contributed by atoms with Crippen molar-refractivity contribution in [1.82, 2.24) is 14.5 Å². The molecule has 1 saturated heterocycles. The Kier molecular flexibility index (Phi) is 3.84. The summed E-state index contributed by atoms with van der Waals surface area (Å²) in [6, 6.07) is -0.633. The van der Waals surface area contributed by atoms with Crippen LogP contribution in [0.4, 0.5) is 0 Å². The van der Waals surface area contributed by atoms with E-state index < -0.39 is 18.1 Å². The monoisotopic (exact) mass is 267 g/mol. The second kappa shape index (κ2) is 5.40. The first-order chi connectivity index (χ1) is 9.10. The molecular formula is C12H17N3O4. The molecule has 0 bridgehead atoms. The molecule has 0 aromatic carbocycles. The lowest BCUT2D eigenvalue weighted by Gasteiger charge is -2.38. The first-order valence-corrected chi connectivity index (χ1v) is 6.24. The summed E-state index contributed by atoms with van der Waals surface area (Å²) in [6.45, 7) is 4.65. The maximum atomic E-state index is 11.9. The van der Waals surface area contributed by atoms with Gasteiger partial charge in [0.1, 0.15) is 12.6 Å². The van der Waals surface area contributed by atoms with Crippen molar-refractivity contribution in [3.63, 3.8) is 0 Å². The van der Waals surface area contributed by atoms with Gasteiger partial charge in [0.15, 0.2) is 6.10 Å². The number of carboxylic acids is 1. The topological polar surface area (TPSA) is 84.7 Å². The highest BCUT2D eigenvalue weighted by Gasteiger charge is 2.42. The van der Waals surface area contributed by atoms with Crippen molar-refractivity contribution in [1.29, 1.82) is 0 Å². The fourth-order valence-electron chi connectivity index (χ4n) is 2.39. The number of amides is 1. The van der Waals surface area contributed by atoms with Gasteiger partial charge in [0.25, 0.3) is 0 Å². The van der Waals surface area contributed by atoms with Gasteiger partial charge in [-0.1, -0.05) is 0 Å². The van der Waals surface area contributed by atoms with Crippen molar-refractivity contribution in [2.75, 3.05) is 13.2 Å². The van der Waals surface area contributed by atoms with E-state index in [1.165, 1.54) is 4.90 Å². The minimum Gasteiger partial charge on any atom is -0.479 e. The number of rotatable bonds is 4. The number of hydrogen-bond acceptors (Lipinski definition) is 4. The van der Waals surface area contributed by atoms with Gasteiger partial charge >= 0.3 is 5.97 Å². The Morgan fingerprint density at radius 2 is 2.26 bits per heavy atom. The lowest BCUT2D eigenvalue weighted by atomic mass is 10.0. The summed E-state index contributed by atoms with van der Waals surface area (Å²) in [5, 5.41) is 9.28. The smallest absolute Gasteiger partial charge is 0.335 e. The third-order valence-corrected chi connectivity index (χ3v) is 3.30. The van der Waals surface area contributed by atoms with Crippen LogP contribution in [0.1, 0.15) is 25.6 Å². The second-order valence-corrected chi connectivity index (χ2v) is 4.30. The zero-order valence-corrected chi connectivity index (χ0v) is 10.9. The lowest BCUT2D eigenvalue weighted by Crippen LogP contribution is -2.52. The molecule has 19 heavy (non-hydrogen) atoms. The summed E-state index contributed by atoms with van der Waals surface area (Å²) in [7, 11) is 0. The van der Waals surface area contributed by atoms with Crippen molar-refractivity contribution in [3.8, 4) is 0 Å². The van der Waals surface area contributed by atoms with Gasteiger partial charge < -0.3 is 19.3 Å². The number of carbonyl (C=O) groups excluding carboxylic acids is 1. The predicted octanol–water partition coefficient (Wildman–Crippen LogP) is 0.276. The van der Waals surface area contributed by atoms with Crippen LogP contribution in [0.15, 0.2) is 12.5 Å². The number of likely N-dealkylation sites (N-methyl/N-ethyl adjacent to an activating group) is 1. The third kappa shape index (κ3) is 2.33. The van der Waals surface area contributed by atoms with Gasteiger partial charge in [-0.15, -0.1) is 0 Å². The number of hydrogen-bond donors (Lipinski definition) is 1. The maximum Gasteiger partial charge on any atom is 0.335 e. The molecule has 2 rings (SSSR count). The lowest BCUT2D eigenvalue weighted by molar-refractivity contribution is -0.173. The summed E-state index contributed by atoms with van der Waals surface area (Å²) >= 11 is 0. The Balaban J connectivity index is 2.44. The number of aryl methyl sites for hydroxylation is 1. The number of carbonyl (C=O) groups is 2. The molecule has 2 heterocycles. The van der Waals surface area contributed by atoms with E-state index in [-0.39, 0.29) is 12.5 Å². The van der Waals surface area contributed by atoms with Gasteiger partial charge in [0.2, 0.25) is 5.91 Å². The molecule has 104 valence electrons. The van der Waals surface area contributed by atoms with Gasteiger partial charge in [-0.25, -0.2) is 9.78 Å². The van der Waals surface area contributed by atoms with Crippen LogP contribution in [0.3, 0.4) is 0 Å². The molecule has 1 aromatic heterocycles. The molecule has 0 spiro atoms. The van der Waals surface area contributed by atoms with Gasteiger partial charge in [-0.2, -0.15) is 0 Å². The van der Waals surface area contributed by atoms with Gasteiger partial charge in [0, 0.05) is 13.1 Å². The molecule has 2 atom stereocenters. The molecule has 1 aromatic rings. The number of imidazole rings is 1. The molecule has 7 heteroatoms. The second-order valence-electron chi connectivity index (χ2n) is 4.30. The van der Waals surface area contributed by atoms with Crippen LogP contribution in [0.25, 0.3) is 0 Å². The van der Waals surface area contributed by atoms with Crippen LogP contribution in [0.5, 0.6) is 0 Å². The fourth-order valence-corrected chi connectivity index (χ4v) is 2.39. The molecule has 1 N–H and O–H groups in total. The van der Waals surface area contributed by atoms with Gasteiger partial charge in [0.05, 0.1) is 18.2 Å². The van der Waals surface area contributed by atoms with Crippen molar-refractivity contribution in [2.45, 2.75) is 32.5 Å². The van der Waals surface area contributed by atoms with Crippen LogP contribution < -0.4 is 0 Å². The number of aromatic nitrogens is 2. The number of carboxylic acid groups (broad SMARTS) is 1. The van der Waals surface area contributed by atoms with Crippen LogP contribution in [0, 0.1) is 0 Å². The third-order valence-electron chi connectivity index (χ3n) is 3.30. The standard InChI is InChI=1S/C12H17N3O4/c1-3-14-7-13-5-8(14)10-11(12(17)18)19-6-9(16)15(10)4-2/h5,7,10-11H,3-4,6H2,1-2H3,(H,17,18). The Hall–Kier alpha value is -1.89. The molecule has 1 fully saturated rings. The van der Waals surface area contributed by atoms with E-state index in [1.807, 2.05) is 18.4 Å². The van der Waals surface area contributed by atoms with Crippen LogP contribution >= 0.6 is 0 Å². The maximum absolute atomic E-state index is 11.9. The van der Waals surface area contributed by atoms with E-state index in [2.05, 4.69) is 4.98 Å². The Labute approximate surface area is 110 Å².